The van der Waals surface area contributed by atoms with E-state index in [1.165, 1.54) is 103 Å². The molecule has 544 valence electrons. The normalized spacial score (nSPS) is 14.0. The lowest BCUT2D eigenvalue weighted by molar-refractivity contribution is -0.144. The number of aliphatic carboxylic acids is 1. The summed E-state index contributed by atoms with van der Waals surface area (Å²) in [6, 6.07) is 15.4. The predicted molar refractivity (Wildman–Crippen MR) is 385 cm³/mol. The summed E-state index contributed by atoms with van der Waals surface area (Å²) in [5.41, 5.74) is 7.50. The molecule has 1 saturated heterocycles. The summed E-state index contributed by atoms with van der Waals surface area (Å²) < 4.78 is 26.4. The topological polar surface area (TPSA) is 373 Å². The lowest BCUT2D eigenvalue weighted by Gasteiger charge is -2.27. The van der Waals surface area contributed by atoms with Crippen LogP contribution in [0.5, 0.6) is 0 Å². The molecule has 0 atom stereocenters. The molecule has 33 heteroatoms. The van der Waals surface area contributed by atoms with Gasteiger partial charge in [0.2, 0.25) is 11.9 Å². The minimum Gasteiger partial charge on any atom is -0.480 e. The molecular weight excluding hydrogens is 1370 g/mol. The van der Waals surface area contributed by atoms with Crippen molar-refractivity contribution in [3.05, 3.63) is 118 Å². The highest BCUT2D eigenvalue weighted by atomic mass is 35.5. The molecule has 103 heavy (non-hydrogen) atoms. The number of aryl methyl sites for hydroxylation is 2. The van der Waals surface area contributed by atoms with Gasteiger partial charge in [0.25, 0.3) is 11.8 Å². The Labute approximate surface area is 603 Å². The number of hydrogen-bond donors (Lipinski definition) is 4. The van der Waals surface area contributed by atoms with Gasteiger partial charge in [-0.15, -0.1) is 0 Å². The Bertz CT molecular complexity index is 4580. The largest absolute Gasteiger partial charge is 0.480 e. The number of rotatable bonds is 22. The number of amides is 2. The molecule has 3 fully saturated rings. The maximum absolute atomic E-state index is 12.9. The molecule has 9 heterocycles. The summed E-state index contributed by atoms with van der Waals surface area (Å²) >= 11 is 12.1. The first-order valence-electron chi connectivity index (χ1n) is 34.6. The summed E-state index contributed by atoms with van der Waals surface area (Å²) in [6.45, 7) is 15.3. The van der Waals surface area contributed by atoms with Gasteiger partial charge >= 0.3 is 23.9 Å². The molecule has 0 bridgehead atoms. The van der Waals surface area contributed by atoms with Crippen LogP contribution in [0.2, 0.25) is 10.3 Å². The van der Waals surface area contributed by atoms with Gasteiger partial charge in [0.15, 0.2) is 55.6 Å². The predicted octanol–water partition coefficient (Wildman–Crippen LogP) is 10.7. The van der Waals surface area contributed by atoms with Crippen molar-refractivity contribution in [3.63, 3.8) is 0 Å². The minimum absolute atomic E-state index is 0.0458. The fourth-order valence-electron chi connectivity index (χ4n) is 12.2. The Balaban J connectivity index is 0.000000152. The summed E-state index contributed by atoms with van der Waals surface area (Å²) in [6.07, 6.45) is 20.4. The molecule has 0 unspecified atom stereocenters. The number of carboxylic acid groups (broad SMARTS) is 1. The first kappa shape index (κ1) is 75.3. The smallest absolute Gasteiger partial charge is 0.326 e. The van der Waals surface area contributed by atoms with Crippen LogP contribution in [-0.2, 0) is 64.3 Å². The second-order valence-corrected chi connectivity index (χ2v) is 25.3. The molecular formula is C70H84Cl2N20O11. The number of imidazole rings is 4. The van der Waals surface area contributed by atoms with Crippen LogP contribution >= 0.6 is 23.2 Å². The number of nitrogens with one attached hydrogen (secondary N) is 3. The molecule has 4 N–H and O–H groups in total. The number of carbonyl (C=O) groups is 6. The zero-order valence-electron chi connectivity index (χ0n) is 58.4. The van der Waals surface area contributed by atoms with E-state index in [1.54, 1.807) is 43.2 Å². The highest BCUT2D eigenvalue weighted by Crippen LogP contribution is 2.35. The number of benzene rings is 2. The third-order valence-corrected chi connectivity index (χ3v) is 17.7. The van der Waals surface area contributed by atoms with Crippen molar-refractivity contribution in [1.82, 2.24) is 78.1 Å². The zero-order chi connectivity index (χ0) is 72.9. The second kappa shape index (κ2) is 36.5. The van der Waals surface area contributed by atoms with E-state index in [1.807, 2.05) is 55.5 Å². The van der Waals surface area contributed by atoms with Crippen LogP contribution in [0, 0.1) is 13.8 Å². The molecule has 2 saturated carbocycles. The third kappa shape index (κ3) is 20.0. The van der Waals surface area contributed by atoms with Crippen molar-refractivity contribution in [2.75, 3.05) is 73.5 Å². The summed E-state index contributed by atoms with van der Waals surface area (Å²) in [7, 11) is 0. The molecule has 2 aliphatic carbocycles. The van der Waals surface area contributed by atoms with E-state index in [-0.39, 0.29) is 78.7 Å². The van der Waals surface area contributed by atoms with Gasteiger partial charge < -0.3 is 52.5 Å². The van der Waals surface area contributed by atoms with Crippen molar-refractivity contribution in [1.29, 1.82) is 0 Å². The number of nitrogens with zero attached hydrogens (tertiary/aromatic N) is 17. The van der Waals surface area contributed by atoms with Crippen molar-refractivity contribution < 1.29 is 52.8 Å². The standard InChI is InChI=1S/C24H30N6O3.C22H24ClN5O3.C14H19N5O3.C10H11ClN4O2/c1-2-3-13-25-21-20-22(30(15-26-20)14-19(31)32)28-24(27-21)29-23(33)18-11-9-17(10-12-18)16-7-5-4-6-8-16;1-2-31-17(29)12-28-13-24-18-19(23)25-22(26-20(18)28)27-21(30)16-10-8-15(9-11-16)14-6-4-3-5-7-14;1-3-22-11(20)8-19-9-15-12-13(16-10(2)17-14(12)19)18-4-6-21-7-5-18;1-3-17-7(16)4-15-5-12-8-9(11)13-6(2)14-10(8)15/h9-12,15-16H,2-8,13-14H2,1H3,(H,31,32)(H2,25,27,28,29,33);8-11,13-14H,2-7,12H2,1H3,(H,25,26,27,30);9H,3-8H2,1-2H3;5H,3-4H2,1-2H3. The Morgan fingerprint density at radius 1 is 0.505 bits per heavy atom. The molecule has 0 spiro atoms. The van der Waals surface area contributed by atoms with E-state index >= 15 is 0 Å². The number of morpholine rings is 1. The van der Waals surface area contributed by atoms with Gasteiger partial charge in [-0.25, -0.2) is 39.9 Å². The Morgan fingerprint density at radius 2 is 0.913 bits per heavy atom. The Hall–Kier alpha value is -10.4. The molecule has 3 aliphatic rings. The number of carboxylic acids is 1. The van der Waals surface area contributed by atoms with E-state index in [0.29, 0.717) is 118 Å². The summed E-state index contributed by atoms with van der Waals surface area (Å²) in [5.74, 6) is 1.07. The van der Waals surface area contributed by atoms with E-state index in [4.69, 9.17) is 42.1 Å². The fraction of sp³-hybridized carbons (Fsp3) is 0.457. The molecule has 13 rings (SSSR count). The van der Waals surface area contributed by atoms with Crippen LogP contribution in [-0.4, -0.2) is 172 Å². The van der Waals surface area contributed by atoms with Gasteiger partial charge in [-0.3, -0.25) is 39.4 Å². The van der Waals surface area contributed by atoms with Gasteiger partial charge in [0.1, 0.15) is 48.9 Å². The van der Waals surface area contributed by atoms with Crippen LogP contribution < -0.4 is 20.9 Å². The van der Waals surface area contributed by atoms with Crippen molar-refractivity contribution in [2.24, 2.45) is 0 Å². The third-order valence-electron chi connectivity index (χ3n) is 17.2. The highest BCUT2D eigenvalue weighted by Gasteiger charge is 2.24. The first-order chi connectivity index (χ1) is 49.9. The quantitative estimate of drug-likeness (QED) is 0.0212. The molecule has 2 amide bonds. The summed E-state index contributed by atoms with van der Waals surface area (Å²) in [5, 5.41) is 18.2. The minimum atomic E-state index is -1.00. The number of esters is 3. The monoisotopic (exact) mass is 1450 g/mol. The number of halogens is 2. The van der Waals surface area contributed by atoms with Gasteiger partial charge in [-0.1, -0.05) is 99.3 Å². The molecule has 8 aromatic heterocycles. The number of hydrogen-bond acceptors (Lipinski definition) is 24. The van der Waals surface area contributed by atoms with Gasteiger partial charge in [-0.2, -0.15) is 19.9 Å². The van der Waals surface area contributed by atoms with Crippen LogP contribution in [0.25, 0.3) is 44.7 Å². The Morgan fingerprint density at radius 3 is 1.38 bits per heavy atom. The highest BCUT2D eigenvalue weighted by molar-refractivity contribution is 6.34. The average Bonchev–Trinajstić information content (AvgIpc) is 1.69. The van der Waals surface area contributed by atoms with Crippen LogP contribution in [0.3, 0.4) is 0 Å². The van der Waals surface area contributed by atoms with Crippen LogP contribution in [0.15, 0.2) is 73.8 Å². The van der Waals surface area contributed by atoms with Gasteiger partial charge in [-0.05, 0) is 114 Å². The maximum Gasteiger partial charge on any atom is 0.326 e. The number of anilines is 4. The molecule has 2 aromatic carbocycles. The number of fused-ring (bicyclic) bond motifs is 4. The molecule has 31 nitrogen and oxygen atoms in total. The summed E-state index contributed by atoms with van der Waals surface area (Å²) in [4.78, 5) is 125. The number of unbranched alkanes of at least 4 members (excludes halogenated alkanes) is 1. The second-order valence-electron chi connectivity index (χ2n) is 24.6. The lowest BCUT2D eigenvalue weighted by atomic mass is 9.84. The first-order valence-corrected chi connectivity index (χ1v) is 35.4. The molecule has 0 radical (unpaired) electrons. The van der Waals surface area contributed by atoms with Gasteiger partial charge in [0, 0.05) is 30.8 Å². The lowest BCUT2D eigenvalue weighted by Crippen LogP contribution is -2.37. The number of aromatic nitrogens is 16. The van der Waals surface area contributed by atoms with Crippen LogP contribution in [0.4, 0.5) is 23.5 Å². The zero-order valence-corrected chi connectivity index (χ0v) is 60.0. The fourth-order valence-corrected chi connectivity index (χ4v) is 12.7. The van der Waals surface area contributed by atoms with Crippen molar-refractivity contribution >= 4 is 127 Å². The van der Waals surface area contributed by atoms with E-state index < -0.39 is 11.9 Å². The number of ether oxygens (including phenoxy) is 4. The van der Waals surface area contributed by atoms with E-state index in [9.17, 15) is 33.9 Å². The van der Waals surface area contributed by atoms with Crippen molar-refractivity contribution in [2.45, 2.75) is 157 Å². The number of carbonyl (C=O) groups excluding carboxylic acids is 5. The van der Waals surface area contributed by atoms with Crippen LogP contribution in [0.1, 0.15) is 160 Å². The Kier molecular flexibility index (Phi) is 26.6. The van der Waals surface area contributed by atoms with E-state index in [0.717, 1.165) is 31.7 Å². The average molecular weight is 1450 g/mol. The maximum atomic E-state index is 12.9. The van der Waals surface area contributed by atoms with Crippen molar-refractivity contribution in [3.8, 4) is 0 Å². The molecule has 10 aromatic rings. The SMILES string of the molecule is CCCCNc1nc(NC(=O)c2ccc(C3CCCCC3)cc2)nc2c1ncn2CC(=O)O.CCOC(=O)Cn1cnc2c(Cl)nc(C)nc21.CCOC(=O)Cn1cnc2c(Cl)nc(NC(=O)c3ccc(C4CCCCC4)cc3)nc21.CCOC(=O)Cn1cnc2c(N3CCOCC3)nc(C)nc21. The van der Waals surface area contributed by atoms with E-state index in [2.05, 4.69) is 87.6 Å². The van der Waals surface area contributed by atoms with Gasteiger partial charge in [0.05, 0.1) is 58.3 Å². The molecule has 1 aliphatic heterocycles.